The SMILES string of the molecule is N#Cc1cc(N(c2ccc(CC(N)=O)cc2)S(=O)O)ccc1Oc1cccc(C(F)(F)F)n1. The van der Waals surface area contributed by atoms with Crippen LogP contribution in [0.4, 0.5) is 24.5 Å². The van der Waals surface area contributed by atoms with E-state index in [4.69, 9.17) is 10.5 Å². The summed E-state index contributed by atoms with van der Waals surface area (Å²) in [4.78, 5) is 14.4. The van der Waals surface area contributed by atoms with Crippen molar-refractivity contribution in [3.63, 3.8) is 0 Å². The molecule has 8 nitrogen and oxygen atoms in total. The molecular weight excluding hydrogens is 461 g/mol. The number of anilines is 2. The smallest absolute Gasteiger partial charge is 0.433 e. The molecule has 1 amide bonds. The molecule has 33 heavy (non-hydrogen) atoms. The third-order valence-corrected chi connectivity index (χ3v) is 4.99. The van der Waals surface area contributed by atoms with E-state index in [1.165, 1.54) is 36.4 Å². The normalized spacial score (nSPS) is 12.0. The van der Waals surface area contributed by atoms with Crippen molar-refractivity contribution in [3.8, 4) is 17.7 Å². The molecule has 0 aliphatic carbocycles. The molecule has 0 saturated carbocycles. The number of pyridine rings is 1. The number of amides is 1. The maximum atomic E-state index is 12.9. The van der Waals surface area contributed by atoms with E-state index in [-0.39, 0.29) is 35.0 Å². The number of nitrogens with zero attached hydrogens (tertiary/aromatic N) is 3. The number of hydrogen-bond donors (Lipinski definition) is 2. The lowest BCUT2D eigenvalue weighted by atomic mass is 10.1. The van der Waals surface area contributed by atoms with Gasteiger partial charge in [-0.05, 0) is 42.0 Å². The Morgan fingerprint density at radius 3 is 2.39 bits per heavy atom. The number of benzene rings is 2. The number of hydrogen-bond acceptors (Lipinski definition) is 5. The molecule has 0 bridgehead atoms. The van der Waals surface area contributed by atoms with Gasteiger partial charge in [-0.3, -0.25) is 9.35 Å². The van der Waals surface area contributed by atoms with Crippen LogP contribution in [0, 0.1) is 11.3 Å². The number of primary amides is 1. The van der Waals surface area contributed by atoms with Gasteiger partial charge in [-0.2, -0.15) is 18.4 Å². The molecular formula is C21H15F3N4O4S. The molecule has 0 aliphatic heterocycles. The van der Waals surface area contributed by atoms with Crippen molar-refractivity contribution in [1.29, 1.82) is 5.26 Å². The Hall–Kier alpha value is -3.95. The van der Waals surface area contributed by atoms with Gasteiger partial charge in [0.15, 0.2) is 0 Å². The highest BCUT2D eigenvalue weighted by Gasteiger charge is 2.32. The van der Waals surface area contributed by atoms with Gasteiger partial charge in [0.05, 0.1) is 23.4 Å². The fourth-order valence-corrected chi connectivity index (χ4v) is 3.44. The van der Waals surface area contributed by atoms with Crippen molar-refractivity contribution in [3.05, 3.63) is 77.5 Å². The van der Waals surface area contributed by atoms with E-state index in [2.05, 4.69) is 4.98 Å². The van der Waals surface area contributed by atoms with Crippen LogP contribution in [0.15, 0.2) is 60.7 Å². The maximum Gasteiger partial charge on any atom is 0.433 e. The minimum atomic E-state index is -4.67. The van der Waals surface area contributed by atoms with Gasteiger partial charge in [0.25, 0.3) is 11.3 Å². The Morgan fingerprint density at radius 1 is 1.15 bits per heavy atom. The second kappa shape index (κ2) is 9.68. The molecule has 1 atom stereocenters. The van der Waals surface area contributed by atoms with Gasteiger partial charge >= 0.3 is 6.18 Å². The van der Waals surface area contributed by atoms with Crippen molar-refractivity contribution in [2.75, 3.05) is 4.31 Å². The predicted molar refractivity (Wildman–Crippen MR) is 113 cm³/mol. The minimum absolute atomic E-state index is 0.00329. The fourth-order valence-electron chi connectivity index (χ4n) is 2.84. The number of nitriles is 1. The zero-order chi connectivity index (χ0) is 24.2. The second-order valence-electron chi connectivity index (χ2n) is 6.59. The number of rotatable bonds is 7. The first kappa shape index (κ1) is 23.7. The third-order valence-electron chi connectivity index (χ3n) is 4.25. The molecule has 0 aliphatic rings. The summed E-state index contributed by atoms with van der Waals surface area (Å²) in [5, 5.41) is 9.48. The van der Waals surface area contributed by atoms with Crippen molar-refractivity contribution >= 4 is 28.5 Å². The number of carbonyl (C=O) groups excluding carboxylic acids is 1. The molecule has 1 heterocycles. The predicted octanol–water partition coefficient (Wildman–Crippen LogP) is 4.07. The summed E-state index contributed by atoms with van der Waals surface area (Å²) in [5.74, 6) is -0.995. The van der Waals surface area contributed by atoms with Crippen LogP contribution in [0.2, 0.25) is 0 Å². The van der Waals surface area contributed by atoms with E-state index < -0.39 is 29.0 Å². The monoisotopic (exact) mass is 476 g/mol. The van der Waals surface area contributed by atoms with Crippen molar-refractivity contribution in [2.24, 2.45) is 5.73 Å². The van der Waals surface area contributed by atoms with Crippen LogP contribution in [0.1, 0.15) is 16.8 Å². The van der Waals surface area contributed by atoms with Gasteiger partial charge in [-0.15, -0.1) is 0 Å². The summed E-state index contributed by atoms with van der Waals surface area (Å²) < 4.78 is 66.8. The largest absolute Gasteiger partial charge is 0.438 e. The van der Waals surface area contributed by atoms with Gasteiger partial charge in [-0.1, -0.05) is 18.2 Å². The van der Waals surface area contributed by atoms with E-state index in [0.717, 1.165) is 16.4 Å². The summed E-state index contributed by atoms with van der Waals surface area (Å²) in [6, 6.07) is 14.9. The Kier molecular flexibility index (Phi) is 6.95. The van der Waals surface area contributed by atoms with Gasteiger partial charge in [0.2, 0.25) is 11.8 Å². The summed E-state index contributed by atoms with van der Waals surface area (Å²) in [6.45, 7) is 0. The average Bonchev–Trinajstić information content (AvgIpc) is 2.75. The van der Waals surface area contributed by atoms with Crippen LogP contribution in [0.25, 0.3) is 0 Å². The highest BCUT2D eigenvalue weighted by molar-refractivity contribution is 7.81. The van der Waals surface area contributed by atoms with E-state index in [0.29, 0.717) is 5.56 Å². The molecule has 1 aromatic heterocycles. The first-order valence-corrected chi connectivity index (χ1v) is 10.2. The van der Waals surface area contributed by atoms with Crippen molar-refractivity contribution in [1.82, 2.24) is 4.98 Å². The highest BCUT2D eigenvalue weighted by Crippen LogP contribution is 2.34. The van der Waals surface area contributed by atoms with Crippen LogP contribution in [-0.4, -0.2) is 19.7 Å². The van der Waals surface area contributed by atoms with E-state index in [9.17, 15) is 32.0 Å². The van der Waals surface area contributed by atoms with Crippen molar-refractivity contribution in [2.45, 2.75) is 12.6 Å². The highest BCUT2D eigenvalue weighted by atomic mass is 32.2. The number of carbonyl (C=O) groups is 1. The summed E-state index contributed by atoms with van der Waals surface area (Å²) in [7, 11) is 0. The number of aromatic nitrogens is 1. The lowest BCUT2D eigenvalue weighted by Crippen LogP contribution is -2.19. The zero-order valence-electron chi connectivity index (χ0n) is 16.6. The minimum Gasteiger partial charge on any atom is -0.438 e. The number of halogens is 3. The van der Waals surface area contributed by atoms with E-state index in [1.807, 2.05) is 6.07 Å². The maximum absolute atomic E-state index is 12.9. The van der Waals surface area contributed by atoms with Crippen LogP contribution >= 0.6 is 0 Å². The topological polar surface area (TPSA) is 130 Å². The van der Waals surface area contributed by atoms with Crippen LogP contribution in [-0.2, 0) is 28.7 Å². The molecule has 12 heteroatoms. The third kappa shape index (κ3) is 5.85. The molecule has 0 radical (unpaired) electrons. The molecule has 0 fully saturated rings. The van der Waals surface area contributed by atoms with Crippen LogP contribution < -0.4 is 14.8 Å². The van der Waals surface area contributed by atoms with E-state index >= 15 is 0 Å². The Bertz CT molecular complexity index is 1240. The molecule has 3 rings (SSSR count). The summed E-state index contributed by atoms with van der Waals surface area (Å²) in [5.41, 5.74) is 4.91. The second-order valence-corrected chi connectivity index (χ2v) is 7.41. The van der Waals surface area contributed by atoms with Crippen molar-refractivity contribution < 1.29 is 31.5 Å². The number of nitrogens with two attached hydrogens (primary N) is 1. The Balaban J connectivity index is 1.92. The summed E-state index contributed by atoms with van der Waals surface area (Å²) >= 11 is -2.54. The number of alkyl halides is 3. The van der Waals surface area contributed by atoms with E-state index in [1.54, 1.807) is 12.1 Å². The van der Waals surface area contributed by atoms with Gasteiger partial charge < -0.3 is 10.5 Å². The van der Waals surface area contributed by atoms with Gasteiger partial charge in [-0.25, -0.2) is 13.5 Å². The molecule has 170 valence electrons. The first-order valence-electron chi connectivity index (χ1n) is 9.13. The lowest BCUT2D eigenvalue weighted by Gasteiger charge is -2.21. The lowest BCUT2D eigenvalue weighted by molar-refractivity contribution is -0.141. The van der Waals surface area contributed by atoms with Crippen LogP contribution in [0.5, 0.6) is 11.6 Å². The molecule has 3 N–H and O–H groups in total. The van der Waals surface area contributed by atoms with Gasteiger partial charge in [0, 0.05) is 6.07 Å². The fraction of sp³-hybridized carbons (Fsp3) is 0.0952. The molecule has 0 saturated heterocycles. The standard InChI is InChI=1S/C21H15F3N4O4S/c22-21(23,24)18-2-1-3-20(27-18)32-17-9-8-16(11-14(17)12-25)28(33(30)31)15-6-4-13(5-7-15)10-19(26)29/h1-9,11H,10H2,(H2,26,29)(H,30,31). The first-order chi connectivity index (χ1) is 15.6. The number of ether oxygens (including phenoxy) is 1. The molecule has 2 aromatic carbocycles. The average molecular weight is 476 g/mol. The molecule has 1 unspecified atom stereocenters. The van der Waals surface area contributed by atoms with Gasteiger partial charge in [0.1, 0.15) is 17.5 Å². The zero-order valence-corrected chi connectivity index (χ0v) is 17.4. The molecule has 0 spiro atoms. The Labute approximate surface area is 188 Å². The summed E-state index contributed by atoms with van der Waals surface area (Å²) in [6.07, 6.45) is -4.67. The Morgan fingerprint density at radius 2 is 1.82 bits per heavy atom. The van der Waals surface area contributed by atoms with Crippen LogP contribution in [0.3, 0.4) is 0 Å². The molecule has 3 aromatic rings. The quantitative estimate of drug-likeness (QED) is 0.495.